The van der Waals surface area contributed by atoms with Crippen molar-refractivity contribution in [3.63, 3.8) is 0 Å². The van der Waals surface area contributed by atoms with Crippen LogP contribution in [0.5, 0.6) is 5.88 Å². The van der Waals surface area contributed by atoms with E-state index in [9.17, 15) is 18.0 Å². The number of hydrogen-bond acceptors (Lipinski definition) is 5. The van der Waals surface area contributed by atoms with E-state index in [0.29, 0.717) is 23.3 Å². The zero-order valence-corrected chi connectivity index (χ0v) is 19.1. The molecule has 2 heterocycles. The van der Waals surface area contributed by atoms with Gasteiger partial charge in [0.25, 0.3) is 11.6 Å². The van der Waals surface area contributed by atoms with E-state index in [1.54, 1.807) is 32.0 Å². The van der Waals surface area contributed by atoms with Crippen LogP contribution in [0.4, 0.5) is 13.2 Å². The van der Waals surface area contributed by atoms with Crippen molar-refractivity contribution in [2.24, 2.45) is 0 Å². The van der Waals surface area contributed by atoms with Crippen molar-refractivity contribution in [1.82, 2.24) is 24.9 Å². The molecule has 3 rings (SSSR count). The van der Waals surface area contributed by atoms with Gasteiger partial charge in [0.05, 0.1) is 29.0 Å². The number of hydrogen-bond donors (Lipinski definition) is 0. The number of carbonyl (C=O) groups is 1. The maximum absolute atomic E-state index is 14.1. The van der Waals surface area contributed by atoms with Crippen LogP contribution < -0.4 is 4.74 Å². The number of amides is 1. The number of halogens is 4. The Balaban J connectivity index is 1.78. The van der Waals surface area contributed by atoms with Crippen LogP contribution >= 0.6 is 20.8 Å². The van der Waals surface area contributed by atoms with Crippen molar-refractivity contribution in [1.29, 1.82) is 0 Å². The van der Waals surface area contributed by atoms with Gasteiger partial charge in [0, 0.05) is 18.3 Å². The Morgan fingerprint density at radius 3 is 2.62 bits per heavy atom. The molecule has 32 heavy (non-hydrogen) atoms. The number of ether oxygens (including phenoxy) is 1. The molecule has 0 aliphatic carbocycles. The summed E-state index contributed by atoms with van der Waals surface area (Å²) in [6.07, 6.45) is 3.77. The Labute approximate surface area is 189 Å². The van der Waals surface area contributed by atoms with Crippen LogP contribution in [0.25, 0.3) is 5.69 Å². The van der Waals surface area contributed by atoms with Crippen molar-refractivity contribution in [2.45, 2.75) is 25.6 Å². The fourth-order valence-corrected chi connectivity index (χ4v) is 3.44. The lowest BCUT2D eigenvalue weighted by molar-refractivity contribution is 0.0642. The highest BCUT2D eigenvalue weighted by molar-refractivity contribution is 7.17. The third kappa shape index (κ3) is 5.19. The summed E-state index contributed by atoms with van der Waals surface area (Å²) in [5, 5.41) is 8.40. The number of pyridine rings is 1. The van der Waals surface area contributed by atoms with E-state index in [-0.39, 0.29) is 18.1 Å². The first-order chi connectivity index (χ1) is 15.1. The quantitative estimate of drug-likeness (QED) is 0.445. The van der Waals surface area contributed by atoms with Gasteiger partial charge in [-0.1, -0.05) is 26.9 Å². The summed E-state index contributed by atoms with van der Waals surface area (Å²) < 4.78 is 46.1. The zero-order chi connectivity index (χ0) is 23.5. The Morgan fingerprint density at radius 2 is 2.03 bits per heavy atom. The molecule has 2 atom stereocenters. The fraction of sp³-hybridized carbons (Fsp3) is 0.300. The van der Waals surface area contributed by atoms with Gasteiger partial charge in [0.15, 0.2) is 5.82 Å². The highest BCUT2D eigenvalue weighted by atomic mass is 35.5. The highest BCUT2D eigenvalue weighted by Gasteiger charge is 2.28. The Hall–Kier alpha value is -2.71. The molecule has 0 spiro atoms. The number of aromatic nitrogens is 4. The number of nitrogens with zero attached hydrogens (tertiary/aromatic N) is 5. The lowest BCUT2D eigenvalue weighted by Crippen LogP contribution is -2.42. The molecular weight excluding hydrogens is 466 g/mol. The minimum atomic E-state index is -3.30. The molecule has 0 fully saturated rings. The number of likely N-dealkylation sites (N-methyl/N-ethyl adjacent to an activating group) is 1. The molecule has 7 nitrogen and oxygen atoms in total. The van der Waals surface area contributed by atoms with Crippen LogP contribution in [0.3, 0.4) is 0 Å². The molecule has 170 valence electrons. The maximum Gasteiger partial charge on any atom is 0.285 e. The fourth-order valence-electron chi connectivity index (χ4n) is 3.04. The number of para-hydroxylation sites is 1. The van der Waals surface area contributed by atoms with Crippen molar-refractivity contribution < 1.29 is 22.7 Å². The topological polar surface area (TPSA) is 73.1 Å². The second-order valence-electron chi connectivity index (χ2n) is 6.84. The van der Waals surface area contributed by atoms with Crippen LogP contribution in [-0.2, 0) is 5.66 Å². The molecular formula is C20H20ClF3N5O2P. The summed E-state index contributed by atoms with van der Waals surface area (Å²) in [6, 6.07) is 5.02. The van der Waals surface area contributed by atoms with Crippen molar-refractivity contribution in [3.8, 4) is 11.6 Å². The van der Waals surface area contributed by atoms with E-state index in [4.69, 9.17) is 16.3 Å². The Kier molecular flexibility index (Phi) is 7.36. The van der Waals surface area contributed by atoms with Crippen LogP contribution in [0.1, 0.15) is 29.8 Å². The van der Waals surface area contributed by atoms with Gasteiger partial charge in [-0.3, -0.25) is 4.79 Å². The molecule has 0 bridgehead atoms. The SMILES string of the molecule is CCN(C(=O)c1cccc(Cl)c1-n1nccn1)[C@@H](C)COc1ncc(C(F)(F)P)cc1F. The highest BCUT2D eigenvalue weighted by Crippen LogP contribution is 2.35. The predicted octanol–water partition coefficient (Wildman–Crippen LogP) is 4.31. The Bertz CT molecular complexity index is 1100. The van der Waals surface area contributed by atoms with Crippen LogP contribution in [0.15, 0.2) is 42.9 Å². The average molecular weight is 486 g/mol. The van der Waals surface area contributed by atoms with Gasteiger partial charge in [-0.15, -0.1) is 4.80 Å². The number of alkyl halides is 2. The smallest absolute Gasteiger partial charge is 0.285 e. The second kappa shape index (κ2) is 9.83. The first-order valence-electron chi connectivity index (χ1n) is 9.55. The number of carbonyl (C=O) groups excluding carboxylic acids is 1. The van der Waals surface area contributed by atoms with Gasteiger partial charge in [-0.2, -0.15) is 19.0 Å². The maximum atomic E-state index is 14.1. The molecule has 1 aromatic carbocycles. The summed E-state index contributed by atoms with van der Waals surface area (Å²) in [4.78, 5) is 19.7. The van der Waals surface area contributed by atoms with Crippen LogP contribution in [0.2, 0.25) is 5.02 Å². The Morgan fingerprint density at radius 1 is 1.34 bits per heavy atom. The minimum Gasteiger partial charge on any atom is -0.473 e. The molecule has 1 unspecified atom stereocenters. The van der Waals surface area contributed by atoms with Gasteiger partial charge < -0.3 is 9.64 Å². The molecule has 0 saturated heterocycles. The summed E-state index contributed by atoms with van der Waals surface area (Å²) in [5.74, 6) is -1.81. The van der Waals surface area contributed by atoms with Crippen LogP contribution in [0, 0.1) is 5.82 Å². The molecule has 0 aliphatic heterocycles. The van der Waals surface area contributed by atoms with Crippen molar-refractivity contribution >= 4 is 26.7 Å². The average Bonchev–Trinajstić information content (AvgIpc) is 3.26. The molecule has 0 saturated carbocycles. The zero-order valence-electron chi connectivity index (χ0n) is 17.2. The standard InChI is InChI=1S/C20H20ClF3N5O2P/c1-3-28(12(2)11-31-18-16(22)9-13(10-25-18)20(23,24)32)19(30)14-5-4-6-15(21)17(14)29-26-7-8-27-29/h4-10,12H,3,11,32H2,1-2H3/t12-/m0/s1. The lowest BCUT2D eigenvalue weighted by atomic mass is 10.1. The molecule has 12 heteroatoms. The number of benzene rings is 1. The minimum absolute atomic E-state index is 0.115. The van der Waals surface area contributed by atoms with Crippen molar-refractivity contribution in [2.75, 3.05) is 13.2 Å². The summed E-state index contributed by atoms with van der Waals surface area (Å²) in [6.45, 7) is 3.69. The van der Waals surface area contributed by atoms with Crippen LogP contribution in [-0.4, -0.2) is 50.0 Å². The van der Waals surface area contributed by atoms with E-state index in [2.05, 4.69) is 15.2 Å². The van der Waals surface area contributed by atoms with Gasteiger partial charge in [0.1, 0.15) is 12.3 Å². The summed E-state index contributed by atoms with van der Waals surface area (Å²) in [7, 11) is 1.32. The normalized spacial score (nSPS) is 12.5. The van der Waals surface area contributed by atoms with E-state index < -0.39 is 29.0 Å². The molecule has 1 amide bonds. The van der Waals surface area contributed by atoms with Gasteiger partial charge in [-0.05, 0) is 32.0 Å². The summed E-state index contributed by atoms with van der Waals surface area (Å²) in [5.41, 5.74) is -3.29. The van der Waals surface area contributed by atoms with E-state index in [0.717, 1.165) is 6.20 Å². The molecule has 0 aliphatic rings. The third-order valence-corrected chi connectivity index (χ3v) is 5.26. The third-order valence-electron chi connectivity index (χ3n) is 4.62. The van der Waals surface area contributed by atoms with E-state index in [1.807, 2.05) is 0 Å². The van der Waals surface area contributed by atoms with Gasteiger partial charge >= 0.3 is 0 Å². The first kappa shape index (κ1) is 23.9. The monoisotopic (exact) mass is 485 g/mol. The second-order valence-corrected chi connectivity index (χ2v) is 7.97. The largest absolute Gasteiger partial charge is 0.473 e. The van der Waals surface area contributed by atoms with Gasteiger partial charge in [0.2, 0.25) is 5.88 Å². The number of rotatable bonds is 8. The molecule has 2 aromatic heterocycles. The van der Waals surface area contributed by atoms with Gasteiger partial charge in [-0.25, -0.2) is 9.37 Å². The van der Waals surface area contributed by atoms with E-state index in [1.165, 1.54) is 31.3 Å². The molecule has 0 N–H and O–H groups in total. The van der Waals surface area contributed by atoms with E-state index >= 15 is 0 Å². The van der Waals surface area contributed by atoms with Crippen molar-refractivity contribution in [3.05, 3.63) is 64.8 Å². The first-order valence-corrected chi connectivity index (χ1v) is 10.5. The predicted molar refractivity (Wildman–Crippen MR) is 116 cm³/mol. The molecule has 3 aromatic rings. The lowest BCUT2D eigenvalue weighted by Gasteiger charge is -2.28. The molecule has 0 radical (unpaired) electrons. The summed E-state index contributed by atoms with van der Waals surface area (Å²) >= 11 is 6.29.